The van der Waals surface area contributed by atoms with Gasteiger partial charge in [0.25, 0.3) is 0 Å². The summed E-state index contributed by atoms with van der Waals surface area (Å²) in [4.78, 5) is 20.7. The molecule has 0 unspecified atom stereocenters. The Labute approximate surface area is 193 Å². The number of nitrogens with two attached hydrogens (primary N) is 1. The van der Waals surface area contributed by atoms with E-state index >= 15 is 0 Å². The first-order chi connectivity index (χ1) is 13.5. The molecule has 0 bridgehead atoms. The van der Waals surface area contributed by atoms with E-state index in [1.807, 2.05) is 0 Å². The first-order valence-electron chi connectivity index (χ1n) is 10.6. The molecule has 0 atom stereocenters. The third-order valence-electron chi connectivity index (χ3n) is 5.37. The Hall–Kier alpha value is -1.35. The van der Waals surface area contributed by atoms with E-state index in [9.17, 15) is 4.79 Å². The fourth-order valence-electron chi connectivity index (χ4n) is 3.59. The zero-order valence-corrected chi connectivity index (χ0v) is 20.5. The highest BCUT2D eigenvalue weighted by atomic mass is 127. The Morgan fingerprint density at radius 3 is 2.48 bits per heavy atom. The van der Waals surface area contributed by atoms with E-state index < -0.39 is 0 Å². The van der Waals surface area contributed by atoms with E-state index in [1.165, 1.54) is 11.1 Å². The van der Waals surface area contributed by atoms with Crippen molar-refractivity contribution in [3.05, 3.63) is 35.4 Å². The Morgan fingerprint density at radius 1 is 1.24 bits per heavy atom. The van der Waals surface area contributed by atoms with Crippen LogP contribution in [0, 0.1) is 12.8 Å². The minimum atomic E-state index is -0.139. The maximum absolute atomic E-state index is 11.2. The summed E-state index contributed by atoms with van der Waals surface area (Å²) in [5, 5.41) is 3.39. The average Bonchev–Trinajstić information content (AvgIpc) is 2.69. The first-order valence-corrected chi connectivity index (χ1v) is 10.6. The molecule has 1 aliphatic heterocycles. The molecule has 7 heteroatoms. The van der Waals surface area contributed by atoms with Gasteiger partial charge in [-0.05, 0) is 64.7 Å². The van der Waals surface area contributed by atoms with Gasteiger partial charge in [-0.15, -0.1) is 24.0 Å². The highest BCUT2D eigenvalue weighted by Gasteiger charge is 2.22. The number of guanidine groups is 1. The Balaban J connectivity index is 0.00000420. The number of piperidine rings is 1. The number of aryl methyl sites for hydroxylation is 1. The summed E-state index contributed by atoms with van der Waals surface area (Å²) < 4.78 is 0. The van der Waals surface area contributed by atoms with Gasteiger partial charge in [-0.25, -0.2) is 0 Å². The summed E-state index contributed by atoms with van der Waals surface area (Å²) in [5.41, 5.74) is 7.98. The number of likely N-dealkylation sites (tertiary alicyclic amines) is 1. The summed E-state index contributed by atoms with van der Waals surface area (Å²) in [6.07, 6.45) is 4.01. The summed E-state index contributed by atoms with van der Waals surface area (Å²) in [7, 11) is 2.09. The van der Waals surface area contributed by atoms with Crippen molar-refractivity contribution in [2.24, 2.45) is 16.6 Å². The fraction of sp³-hybridized carbons (Fsp3) is 0.636. The van der Waals surface area contributed by atoms with E-state index in [0.717, 1.165) is 70.9 Å². The van der Waals surface area contributed by atoms with Crippen molar-refractivity contribution in [2.75, 3.05) is 39.8 Å². The van der Waals surface area contributed by atoms with Crippen molar-refractivity contribution < 1.29 is 4.79 Å². The van der Waals surface area contributed by atoms with Crippen molar-refractivity contribution >= 4 is 35.8 Å². The molecule has 2 rings (SSSR count). The largest absolute Gasteiger partial charge is 0.369 e. The number of halogens is 1. The highest BCUT2D eigenvalue weighted by molar-refractivity contribution is 14.0. The van der Waals surface area contributed by atoms with Crippen molar-refractivity contribution in [3.8, 4) is 0 Å². The van der Waals surface area contributed by atoms with Crippen LogP contribution in [0.15, 0.2) is 29.3 Å². The molecule has 1 aromatic rings. The molecular formula is C22H38IN5O. The summed E-state index contributed by atoms with van der Waals surface area (Å²) >= 11 is 0. The van der Waals surface area contributed by atoms with Gasteiger partial charge in [0.2, 0.25) is 5.91 Å². The molecule has 0 aromatic heterocycles. The normalized spacial score (nSPS) is 15.6. The lowest BCUT2D eigenvalue weighted by molar-refractivity contribution is -0.123. The number of amides is 1. The predicted molar refractivity (Wildman–Crippen MR) is 132 cm³/mol. The molecule has 0 radical (unpaired) electrons. The lowest BCUT2D eigenvalue weighted by atomic mass is 9.96. The minimum Gasteiger partial charge on any atom is -0.369 e. The van der Waals surface area contributed by atoms with E-state index in [2.05, 4.69) is 60.3 Å². The topological polar surface area (TPSA) is 74.0 Å². The van der Waals surface area contributed by atoms with Gasteiger partial charge in [0, 0.05) is 32.6 Å². The van der Waals surface area contributed by atoms with Crippen LogP contribution in [0.25, 0.3) is 0 Å². The van der Waals surface area contributed by atoms with Crippen LogP contribution in [0.1, 0.15) is 43.7 Å². The van der Waals surface area contributed by atoms with Crippen molar-refractivity contribution in [1.82, 2.24) is 15.1 Å². The second-order valence-corrected chi connectivity index (χ2v) is 7.80. The molecule has 1 saturated heterocycles. The monoisotopic (exact) mass is 515 g/mol. The van der Waals surface area contributed by atoms with Gasteiger partial charge in [-0.3, -0.25) is 9.79 Å². The number of aliphatic imine (C=N–C) groups is 1. The maximum Gasteiger partial charge on any atom is 0.220 e. The maximum atomic E-state index is 11.2. The molecule has 1 fully saturated rings. The SMILES string of the molecule is CCNC(=NCCCCN1CCC(C(N)=O)CC1)N(C)Cc1ccc(C)cc1.I. The number of hydrogen-bond acceptors (Lipinski definition) is 3. The fourth-order valence-corrected chi connectivity index (χ4v) is 3.59. The molecule has 164 valence electrons. The third-order valence-corrected chi connectivity index (χ3v) is 5.37. The lowest BCUT2D eigenvalue weighted by Crippen LogP contribution is -2.39. The van der Waals surface area contributed by atoms with Gasteiger partial charge in [0.1, 0.15) is 0 Å². The second-order valence-electron chi connectivity index (χ2n) is 7.80. The van der Waals surface area contributed by atoms with E-state index in [0.29, 0.717) is 0 Å². The summed E-state index contributed by atoms with van der Waals surface area (Å²) in [6, 6.07) is 8.66. The van der Waals surface area contributed by atoms with Crippen LogP contribution < -0.4 is 11.1 Å². The molecule has 0 aliphatic carbocycles. The molecule has 6 nitrogen and oxygen atoms in total. The Kier molecular flexibility index (Phi) is 12.2. The van der Waals surface area contributed by atoms with Crippen molar-refractivity contribution in [3.63, 3.8) is 0 Å². The van der Waals surface area contributed by atoms with Crippen LogP contribution in [-0.2, 0) is 11.3 Å². The molecule has 1 aromatic carbocycles. The van der Waals surface area contributed by atoms with Crippen LogP contribution in [0.5, 0.6) is 0 Å². The lowest BCUT2D eigenvalue weighted by Gasteiger charge is -2.30. The first kappa shape index (κ1) is 25.7. The predicted octanol–water partition coefficient (Wildman–Crippen LogP) is 2.99. The van der Waals surface area contributed by atoms with Gasteiger partial charge in [-0.1, -0.05) is 29.8 Å². The highest BCUT2D eigenvalue weighted by Crippen LogP contribution is 2.16. The molecule has 0 saturated carbocycles. The Bertz CT molecular complexity index is 627. The number of carbonyl (C=O) groups excluding carboxylic acids is 1. The van der Waals surface area contributed by atoms with Crippen LogP contribution >= 0.6 is 24.0 Å². The molecule has 29 heavy (non-hydrogen) atoms. The summed E-state index contributed by atoms with van der Waals surface area (Å²) in [5.74, 6) is 0.901. The van der Waals surface area contributed by atoms with Gasteiger partial charge >= 0.3 is 0 Å². The van der Waals surface area contributed by atoms with Gasteiger partial charge in [0.15, 0.2) is 5.96 Å². The zero-order chi connectivity index (χ0) is 20.4. The minimum absolute atomic E-state index is 0. The molecule has 0 spiro atoms. The number of nitrogens with one attached hydrogen (secondary N) is 1. The standard InChI is InChI=1S/C22H37N5O.HI/c1-4-24-22(26(3)17-19-9-7-18(2)8-10-19)25-13-5-6-14-27-15-11-20(12-16-27)21(23)28;/h7-10,20H,4-6,11-17H2,1-3H3,(H2,23,28)(H,24,25);1H. The van der Waals surface area contributed by atoms with Crippen LogP contribution in [0.4, 0.5) is 0 Å². The van der Waals surface area contributed by atoms with E-state index in [1.54, 1.807) is 0 Å². The van der Waals surface area contributed by atoms with Gasteiger partial charge in [0.05, 0.1) is 0 Å². The number of rotatable bonds is 9. The number of carbonyl (C=O) groups is 1. The Morgan fingerprint density at radius 2 is 1.90 bits per heavy atom. The molecule has 3 N–H and O–H groups in total. The van der Waals surface area contributed by atoms with E-state index in [-0.39, 0.29) is 35.8 Å². The van der Waals surface area contributed by atoms with Gasteiger partial charge < -0.3 is 20.9 Å². The smallest absolute Gasteiger partial charge is 0.220 e. The van der Waals surface area contributed by atoms with Crippen molar-refractivity contribution in [1.29, 1.82) is 0 Å². The van der Waals surface area contributed by atoms with Gasteiger partial charge in [-0.2, -0.15) is 0 Å². The molecular weight excluding hydrogens is 477 g/mol. The molecule has 1 heterocycles. The molecule has 1 amide bonds. The zero-order valence-electron chi connectivity index (χ0n) is 18.2. The van der Waals surface area contributed by atoms with Crippen LogP contribution in [0.2, 0.25) is 0 Å². The average molecular weight is 515 g/mol. The summed E-state index contributed by atoms with van der Waals surface area (Å²) in [6.45, 7) is 9.81. The number of hydrogen-bond donors (Lipinski definition) is 2. The quantitative estimate of drug-likeness (QED) is 0.230. The second kappa shape index (κ2) is 13.8. The van der Waals surface area contributed by atoms with E-state index in [4.69, 9.17) is 10.7 Å². The number of benzene rings is 1. The van der Waals surface area contributed by atoms with Crippen LogP contribution in [-0.4, -0.2) is 61.4 Å². The number of nitrogens with zero attached hydrogens (tertiary/aromatic N) is 3. The number of primary amides is 1. The number of unbranched alkanes of at least 4 members (excludes halogenated alkanes) is 1. The van der Waals surface area contributed by atoms with Crippen LogP contribution in [0.3, 0.4) is 0 Å². The van der Waals surface area contributed by atoms with Crippen molar-refractivity contribution in [2.45, 2.75) is 46.1 Å². The molecule has 1 aliphatic rings. The third kappa shape index (κ3) is 9.33.